The molecular weight excluding hydrogens is 342 g/mol. The summed E-state index contributed by atoms with van der Waals surface area (Å²) in [7, 11) is 0. The minimum atomic E-state index is -0.180. The first kappa shape index (κ1) is 20.3. The van der Waals surface area contributed by atoms with Gasteiger partial charge >= 0.3 is 0 Å². The van der Waals surface area contributed by atoms with Crippen LogP contribution < -0.4 is 20.7 Å². The van der Waals surface area contributed by atoms with Crippen LogP contribution in [0.2, 0.25) is 0 Å². The Labute approximate surface area is 160 Å². The average Bonchev–Trinajstić information content (AvgIpc) is 2.60. The molecule has 2 aromatic carbocycles. The van der Waals surface area contributed by atoms with Crippen molar-refractivity contribution in [1.29, 1.82) is 0 Å². The second kappa shape index (κ2) is 10.2. The van der Waals surface area contributed by atoms with Gasteiger partial charge in [0.1, 0.15) is 5.75 Å². The van der Waals surface area contributed by atoms with E-state index in [1.54, 1.807) is 24.3 Å². The molecule has 0 bridgehead atoms. The molecular formula is C21H27N3O3. The Kier molecular flexibility index (Phi) is 7.67. The number of benzene rings is 2. The summed E-state index contributed by atoms with van der Waals surface area (Å²) in [6.45, 7) is 6.56. The lowest BCUT2D eigenvalue weighted by Crippen LogP contribution is -2.21. The topological polar surface area (TPSA) is 79.5 Å². The Hall–Kier alpha value is -3.02. The van der Waals surface area contributed by atoms with Crippen LogP contribution in [-0.2, 0) is 9.59 Å². The third-order valence-corrected chi connectivity index (χ3v) is 3.72. The van der Waals surface area contributed by atoms with Crippen LogP contribution in [0.4, 0.5) is 17.1 Å². The van der Waals surface area contributed by atoms with Crippen LogP contribution in [0.1, 0.15) is 27.2 Å². The highest BCUT2D eigenvalue weighted by molar-refractivity contribution is 5.95. The van der Waals surface area contributed by atoms with Crippen LogP contribution in [0.5, 0.6) is 5.75 Å². The van der Waals surface area contributed by atoms with Crippen molar-refractivity contribution in [2.75, 3.05) is 29.1 Å². The minimum absolute atomic E-state index is 0.125. The van der Waals surface area contributed by atoms with Crippen molar-refractivity contribution >= 4 is 28.9 Å². The number of anilines is 3. The maximum absolute atomic E-state index is 12.2. The van der Waals surface area contributed by atoms with Crippen molar-refractivity contribution < 1.29 is 14.3 Å². The van der Waals surface area contributed by atoms with Gasteiger partial charge in [-0.25, -0.2) is 0 Å². The zero-order valence-corrected chi connectivity index (χ0v) is 16.0. The number of amides is 2. The van der Waals surface area contributed by atoms with Gasteiger partial charge in [-0.1, -0.05) is 26.0 Å². The molecule has 0 saturated carbocycles. The molecule has 0 aliphatic carbocycles. The molecule has 0 saturated heterocycles. The monoisotopic (exact) mass is 369 g/mol. The molecule has 6 heteroatoms. The van der Waals surface area contributed by atoms with Gasteiger partial charge in [0.2, 0.25) is 11.8 Å². The van der Waals surface area contributed by atoms with Crippen molar-refractivity contribution in [2.24, 2.45) is 5.92 Å². The van der Waals surface area contributed by atoms with E-state index in [2.05, 4.69) is 29.8 Å². The number of hydrogen-bond acceptors (Lipinski definition) is 4. The fraction of sp³-hybridized carbons (Fsp3) is 0.333. The summed E-state index contributed by atoms with van der Waals surface area (Å²) < 4.78 is 5.73. The molecule has 0 heterocycles. The van der Waals surface area contributed by atoms with Crippen LogP contribution in [-0.4, -0.2) is 25.0 Å². The van der Waals surface area contributed by atoms with Crippen LogP contribution in [0.25, 0.3) is 0 Å². The Morgan fingerprint density at radius 1 is 0.963 bits per heavy atom. The minimum Gasteiger partial charge on any atom is -0.494 e. The van der Waals surface area contributed by atoms with E-state index in [-0.39, 0.29) is 18.4 Å². The van der Waals surface area contributed by atoms with Crippen LogP contribution >= 0.6 is 0 Å². The molecule has 2 aromatic rings. The number of ether oxygens (including phenoxy) is 1. The van der Waals surface area contributed by atoms with Gasteiger partial charge in [0.05, 0.1) is 13.2 Å². The van der Waals surface area contributed by atoms with Crippen LogP contribution in [0.3, 0.4) is 0 Å². The summed E-state index contributed by atoms with van der Waals surface area (Å²) >= 11 is 0. The fourth-order valence-corrected chi connectivity index (χ4v) is 2.37. The molecule has 2 amide bonds. The highest BCUT2D eigenvalue weighted by Gasteiger charge is 2.05. The van der Waals surface area contributed by atoms with Gasteiger partial charge in [0.25, 0.3) is 0 Å². The third kappa shape index (κ3) is 7.81. The first-order valence-corrected chi connectivity index (χ1v) is 9.06. The Balaban J connectivity index is 1.84. The summed E-state index contributed by atoms with van der Waals surface area (Å²) in [4.78, 5) is 23.3. The third-order valence-electron chi connectivity index (χ3n) is 3.72. The first-order chi connectivity index (χ1) is 12.9. The molecule has 0 spiro atoms. The van der Waals surface area contributed by atoms with E-state index in [4.69, 9.17) is 4.74 Å². The second-order valence-corrected chi connectivity index (χ2v) is 6.72. The van der Waals surface area contributed by atoms with Crippen LogP contribution in [0, 0.1) is 5.92 Å². The van der Waals surface area contributed by atoms with E-state index in [9.17, 15) is 9.59 Å². The molecule has 0 aliphatic rings. The van der Waals surface area contributed by atoms with E-state index < -0.39 is 0 Å². The summed E-state index contributed by atoms with van der Waals surface area (Å²) in [6, 6.07) is 14.6. The Morgan fingerprint density at radius 2 is 1.63 bits per heavy atom. The normalized spacial score (nSPS) is 10.4. The van der Waals surface area contributed by atoms with E-state index >= 15 is 0 Å². The van der Waals surface area contributed by atoms with E-state index in [1.165, 1.54) is 6.92 Å². The summed E-state index contributed by atoms with van der Waals surface area (Å²) in [5, 5.41) is 8.58. The SMILES string of the molecule is CC(=O)Nc1cccc(NC(=O)CNc2cccc(OCCC(C)C)c2)c1. The molecule has 0 aromatic heterocycles. The first-order valence-electron chi connectivity index (χ1n) is 9.06. The van der Waals surface area contributed by atoms with Gasteiger partial charge in [0, 0.05) is 30.1 Å². The van der Waals surface area contributed by atoms with Gasteiger partial charge in [0.15, 0.2) is 0 Å². The predicted molar refractivity (Wildman–Crippen MR) is 109 cm³/mol. The summed E-state index contributed by atoms with van der Waals surface area (Å²) in [5.41, 5.74) is 2.08. The van der Waals surface area contributed by atoms with Crippen molar-refractivity contribution in [3.63, 3.8) is 0 Å². The predicted octanol–water partition coefficient (Wildman–Crippen LogP) is 4.12. The average molecular weight is 369 g/mol. The largest absolute Gasteiger partial charge is 0.494 e. The van der Waals surface area contributed by atoms with Crippen molar-refractivity contribution in [1.82, 2.24) is 0 Å². The van der Waals surface area contributed by atoms with Gasteiger partial charge in [-0.15, -0.1) is 0 Å². The van der Waals surface area contributed by atoms with Gasteiger partial charge in [-0.3, -0.25) is 9.59 Å². The number of carbonyl (C=O) groups excluding carboxylic acids is 2. The zero-order valence-electron chi connectivity index (χ0n) is 16.0. The number of carbonyl (C=O) groups is 2. The van der Waals surface area contributed by atoms with Crippen molar-refractivity contribution in [3.05, 3.63) is 48.5 Å². The van der Waals surface area contributed by atoms with Crippen molar-refractivity contribution in [2.45, 2.75) is 27.2 Å². The lowest BCUT2D eigenvalue weighted by Gasteiger charge is -2.11. The molecule has 27 heavy (non-hydrogen) atoms. The zero-order chi connectivity index (χ0) is 19.6. The van der Waals surface area contributed by atoms with Gasteiger partial charge in [-0.05, 0) is 42.7 Å². The Bertz CT molecular complexity index is 775. The lowest BCUT2D eigenvalue weighted by molar-refractivity contribution is -0.115. The summed E-state index contributed by atoms with van der Waals surface area (Å²) in [5.74, 6) is 1.04. The van der Waals surface area contributed by atoms with E-state index in [0.717, 1.165) is 17.9 Å². The molecule has 0 fully saturated rings. The molecule has 0 aliphatic heterocycles. The lowest BCUT2D eigenvalue weighted by atomic mass is 10.1. The maximum atomic E-state index is 12.2. The number of rotatable bonds is 9. The van der Waals surface area contributed by atoms with Gasteiger partial charge in [-0.2, -0.15) is 0 Å². The molecule has 144 valence electrons. The second-order valence-electron chi connectivity index (χ2n) is 6.72. The maximum Gasteiger partial charge on any atom is 0.243 e. The molecule has 6 nitrogen and oxygen atoms in total. The van der Waals surface area contributed by atoms with E-state index in [1.807, 2.05) is 24.3 Å². The molecule has 0 atom stereocenters. The number of hydrogen-bond donors (Lipinski definition) is 3. The standard InChI is InChI=1S/C21H27N3O3/c1-15(2)10-11-27-20-9-5-6-17(13-20)22-14-21(26)24-19-8-4-7-18(12-19)23-16(3)25/h4-9,12-13,15,22H,10-11,14H2,1-3H3,(H,23,25)(H,24,26). The number of nitrogens with one attached hydrogen (secondary N) is 3. The highest BCUT2D eigenvalue weighted by Crippen LogP contribution is 2.18. The van der Waals surface area contributed by atoms with Crippen LogP contribution in [0.15, 0.2) is 48.5 Å². The highest BCUT2D eigenvalue weighted by atomic mass is 16.5. The Morgan fingerprint density at radius 3 is 2.33 bits per heavy atom. The molecule has 3 N–H and O–H groups in total. The fourth-order valence-electron chi connectivity index (χ4n) is 2.37. The smallest absolute Gasteiger partial charge is 0.243 e. The summed E-state index contributed by atoms with van der Waals surface area (Å²) in [6.07, 6.45) is 0.998. The van der Waals surface area contributed by atoms with E-state index in [0.29, 0.717) is 23.9 Å². The quantitative estimate of drug-likeness (QED) is 0.621. The molecule has 2 rings (SSSR count). The molecule has 0 radical (unpaired) electrons. The molecule has 0 unspecified atom stereocenters. The van der Waals surface area contributed by atoms with Crippen molar-refractivity contribution in [3.8, 4) is 5.75 Å². The van der Waals surface area contributed by atoms with Gasteiger partial charge < -0.3 is 20.7 Å².